The van der Waals surface area contributed by atoms with Gasteiger partial charge in [-0.05, 0) is 33.2 Å². The number of aromatic hydroxyl groups is 1. The van der Waals surface area contributed by atoms with Crippen LogP contribution in [0.1, 0.15) is 0 Å². The highest BCUT2D eigenvalue weighted by Crippen LogP contribution is 2.45. The maximum atomic E-state index is 11.4. The zero-order valence-electron chi connectivity index (χ0n) is 12.4. The van der Waals surface area contributed by atoms with Gasteiger partial charge in [0.2, 0.25) is 0 Å². The quantitative estimate of drug-likeness (QED) is 0.251. The number of aromatic amines is 2. The predicted octanol–water partition coefficient (Wildman–Crippen LogP) is 5.09. The molecular weight excluding hydrogens is 392 g/mol. The lowest BCUT2D eigenvalue weighted by Crippen LogP contribution is -1.89. The van der Waals surface area contributed by atoms with Gasteiger partial charge in [0.15, 0.2) is 5.88 Å². The largest absolute Gasteiger partial charge is 0.494 e. The second-order valence-corrected chi connectivity index (χ2v) is 6.29. The van der Waals surface area contributed by atoms with Crippen LogP contribution in [0.5, 0.6) is 5.88 Å². The molecule has 0 unspecified atom stereocenters. The maximum Gasteiger partial charge on any atom is 0.284 e. The van der Waals surface area contributed by atoms with Crippen molar-refractivity contribution in [3.05, 3.63) is 55.9 Å². The zero-order chi connectivity index (χ0) is 17.7. The van der Waals surface area contributed by atoms with Gasteiger partial charge in [0.1, 0.15) is 5.69 Å². The topological polar surface area (TPSA) is 124 Å². The first-order chi connectivity index (χ1) is 12.0. The highest BCUT2D eigenvalue weighted by Gasteiger charge is 2.24. The lowest BCUT2D eigenvalue weighted by molar-refractivity contribution is -0.385. The number of nitrogens with one attached hydrogen (secondary N) is 2. The number of hydrogen-bond acceptors (Lipinski definition) is 5. The minimum atomic E-state index is -0.526. The molecule has 2 heterocycles. The minimum absolute atomic E-state index is 0.136. The van der Waals surface area contributed by atoms with Gasteiger partial charge in [-0.1, -0.05) is 18.2 Å². The summed E-state index contributed by atoms with van der Waals surface area (Å²) < 4.78 is 0.281. The van der Waals surface area contributed by atoms with Crippen molar-refractivity contribution in [2.45, 2.75) is 0 Å². The number of para-hydroxylation sites is 1. The molecule has 0 bridgehead atoms. The fraction of sp³-hybridized carbons (Fsp3) is 0. The Morgan fingerprint density at radius 2 is 1.88 bits per heavy atom. The highest BCUT2D eigenvalue weighted by molar-refractivity contribution is 9.10. The summed E-state index contributed by atoms with van der Waals surface area (Å²) in [5.41, 5.74) is 1.71. The molecule has 0 atom stereocenters. The van der Waals surface area contributed by atoms with Crippen LogP contribution >= 0.6 is 15.9 Å². The Morgan fingerprint density at radius 1 is 1.12 bits per heavy atom. The van der Waals surface area contributed by atoms with Gasteiger partial charge in [-0.3, -0.25) is 10.1 Å². The highest BCUT2D eigenvalue weighted by atomic mass is 79.9. The summed E-state index contributed by atoms with van der Waals surface area (Å²) in [4.78, 5) is 27.9. The van der Waals surface area contributed by atoms with E-state index in [9.17, 15) is 20.1 Å². The number of nitro benzene ring substituents is 1. The van der Waals surface area contributed by atoms with Crippen molar-refractivity contribution in [1.29, 1.82) is 0 Å². The molecule has 0 radical (unpaired) electrons. The Morgan fingerprint density at radius 3 is 2.60 bits per heavy atom. The molecule has 124 valence electrons. The van der Waals surface area contributed by atoms with E-state index in [1.807, 2.05) is 0 Å². The molecule has 0 aliphatic rings. The summed E-state index contributed by atoms with van der Waals surface area (Å²) in [7, 11) is 0. The molecular formula is C16H9BrN4O4. The third kappa shape index (κ3) is 2.20. The summed E-state index contributed by atoms with van der Waals surface area (Å²) in [5, 5.41) is 25.7. The summed E-state index contributed by atoms with van der Waals surface area (Å²) >= 11 is 3.14. The number of halogens is 1. The van der Waals surface area contributed by atoms with Crippen molar-refractivity contribution in [3.8, 4) is 17.1 Å². The molecule has 8 nitrogen and oxygen atoms in total. The summed E-state index contributed by atoms with van der Waals surface area (Å²) in [6, 6.07) is 9.92. The Hall–Kier alpha value is -3.20. The minimum Gasteiger partial charge on any atom is -0.494 e. The molecule has 9 heteroatoms. The van der Waals surface area contributed by atoms with Gasteiger partial charge in [-0.25, -0.2) is 0 Å². The van der Waals surface area contributed by atoms with E-state index in [2.05, 4.69) is 31.1 Å². The van der Waals surface area contributed by atoms with Crippen molar-refractivity contribution in [2.75, 3.05) is 0 Å². The van der Waals surface area contributed by atoms with Gasteiger partial charge in [0.05, 0.1) is 26.2 Å². The van der Waals surface area contributed by atoms with Gasteiger partial charge in [-0.2, -0.15) is 0 Å². The van der Waals surface area contributed by atoms with Crippen molar-refractivity contribution in [2.24, 2.45) is 5.18 Å². The van der Waals surface area contributed by atoms with Crippen molar-refractivity contribution in [1.82, 2.24) is 9.97 Å². The van der Waals surface area contributed by atoms with E-state index in [0.717, 1.165) is 0 Å². The molecule has 0 aliphatic heterocycles. The molecule has 0 saturated carbocycles. The number of fused-ring (bicyclic) bond motifs is 2. The van der Waals surface area contributed by atoms with Crippen LogP contribution in [0.4, 0.5) is 11.4 Å². The summed E-state index contributed by atoms with van der Waals surface area (Å²) in [6.07, 6.45) is 0. The first-order valence-corrected chi connectivity index (χ1v) is 7.93. The average Bonchev–Trinajstić information content (AvgIpc) is 3.09. The van der Waals surface area contributed by atoms with Gasteiger partial charge in [-0.15, -0.1) is 4.91 Å². The number of aromatic nitrogens is 2. The summed E-state index contributed by atoms with van der Waals surface area (Å²) in [6.45, 7) is 0. The van der Waals surface area contributed by atoms with E-state index >= 15 is 0 Å². The van der Waals surface area contributed by atoms with Gasteiger partial charge in [0, 0.05) is 22.4 Å². The fourth-order valence-corrected chi connectivity index (χ4v) is 3.47. The van der Waals surface area contributed by atoms with Crippen LogP contribution in [-0.2, 0) is 0 Å². The Labute approximate surface area is 147 Å². The Balaban J connectivity index is 2.11. The Bertz CT molecular complexity index is 1180. The standard InChI is InChI=1S/C16H9BrN4O4/c17-9-6-11-8(5-12(9)21(24)25)13(16(22)19-11)15-14(20-23)7-3-1-2-4-10(7)18-15/h1-6,18-19,22H. The molecule has 2 aromatic heterocycles. The molecule has 0 saturated heterocycles. The fourth-order valence-electron chi connectivity index (χ4n) is 2.99. The lowest BCUT2D eigenvalue weighted by atomic mass is 10.1. The zero-order valence-corrected chi connectivity index (χ0v) is 14.0. The van der Waals surface area contributed by atoms with Crippen LogP contribution in [0.25, 0.3) is 33.1 Å². The van der Waals surface area contributed by atoms with E-state index in [1.165, 1.54) is 12.1 Å². The van der Waals surface area contributed by atoms with Crippen molar-refractivity contribution in [3.63, 3.8) is 0 Å². The molecule has 4 rings (SSSR count). The van der Waals surface area contributed by atoms with Gasteiger partial charge >= 0.3 is 0 Å². The smallest absolute Gasteiger partial charge is 0.284 e. The average molecular weight is 401 g/mol. The van der Waals surface area contributed by atoms with Crippen LogP contribution in [0.15, 0.2) is 46.0 Å². The van der Waals surface area contributed by atoms with Crippen LogP contribution in [0, 0.1) is 15.0 Å². The number of nitrogens with zero attached hydrogens (tertiary/aromatic N) is 2. The lowest BCUT2D eigenvalue weighted by Gasteiger charge is -2.00. The van der Waals surface area contributed by atoms with E-state index in [-0.39, 0.29) is 27.3 Å². The van der Waals surface area contributed by atoms with Crippen molar-refractivity contribution < 1.29 is 10.0 Å². The van der Waals surface area contributed by atoms with Gasteiger partial charge in [0.25, 0.3) is 5.69 Å². The van der Waals surface area contributed by atoms with Crippen LogP contribution < -0.4 is 0 Å². The molecule has 0 spiro atoms. The maximum absolute atomic E-state index is 11.4. The second-order valence-electron chi connectivity index (χ2n) is 5.44. The van der Waals surface area contributed by atoms with E-state index < -0.39 is 4.92 Å². The molecule has 25 heavy (non-hydrogen) atoms. The Kier molecular flexibility index (Phi) is 3.32. The third-order valence-corrected chi connectivity index (χ3v) is 4.70. The number of nitro groups is 1. The second kappa shape index (κ2) is 5.42. The molecule has 3 N–H and O–H groups in total. The monoisotopic (exact) mass is 400 g/mol. The molecule has 4 aromatic rings. The SMILES string of the molecule is O=Nc1c(-c2c(O)[nH]c3cc(Br)c([N+](=O)[O-])cc23)[nH]c2ccccc12. The molecule has 2 aromatic carbocycles. The number of rotatable bonds is 3. The first-order valence-electron chi connectivity index (χ1n) is 7.14. The van der Waals surface area contributed by atoms with Crippen LogP contribution in [-0.4, -0.2) is 20.0 Å². The number of H-pyrrole nitrogens is 2. The number of nitroso groups, excluding NO2 is 1. The molecule has 0 aliphatic carbocycles. The summed E-state index contributed by atoms with van der Waals surface area (Å²) in [5.74, 6) is -0.209. The molecule has 0 amide bonds. The predicted molar refractivity (Wildman–Crippen MR) is 97.1 cm³/mol. The molecule has 0 fully saturated rings. The van der Waals surface area contributed by atoms with Crippen LogP contribution in [0.2, 0.25) is 0 Å². The van der Waals surface area contributed by atoms with Gasteiger partial charge < -0.3 is 15.1 Å². The number of hydrogen-bond donors (Lipinski definition) is 3. The third-order valence-electron chi connectivity index (χ3n) is 4.06. The van der Waals surface area contributed by atoms with E-state index in [0.29, 0.717) is 27.5 Å². The normalized spacial score (nSPS) is 11.2. The number of benzene rings is 2. The first kappa shape index (κ1) is 15.3. The van der Waals surface area contributed by atoms with E-state index in [4.69, 9.17) is 0 Å². The van der Waals surface area contributed by atoms with Crippen LogP contribution in [0.3, 0.4) is 0 Å². The van der Waals surface area contributed by atoms with Crippen molar-refractivity contribution >= 4 is 49.1 Å². The van der Waals surface area contributed by atoms with E-state index in [1.54, 1.807) is 24.3 Å².